The number of nitrogens with one attached hydrogen (secondary N) is 1. The molecule has 1 atom stereocenters. The van der Waals surface area contributed by atoms with E-state index in [4.69, 9.17) is 0 Å². The highest BCUT2D eigenvalue weighted by Gasteiger charge is 2.21. The van der Waals surface area contributed by atoms with E-state index in [-0.39, 0.29) is 6.61 Å². The van der Waals surface area contributed by atoms with Gasteiger partial charge in [-0.05, 0) is 38.4 Å². The summed E-state index contributed by atoms with van der Waals surface area (Å²) >= 11 is 0. The molecule has 1 unspecified atom stereocenters. The lowest BCUT2D eigenvalue weighted by Crippen LogP contribution is -2.41. The normalized spacial score (nSPS) is 20.9. The van der Waals surface area contributed by atoms with Crippen LogP contribution in [0.3, 0.4) is 0 Å². The van der Waals surface area contributed by atoms with Crippen molar-refractivity contribution in [1.82, 2.24) is 9.88 Å². The first-order chi connectivity index (χ1) is 8.83. The van der Waals surface area contributed by atoms with Gasteiger partial charge in [-0.1, -0.05) is 12.5 Å². The summed E-state index contributed by atoms with van der Waals surface area (Å²) in [6.45, 7) is 5.12. The minimum absolute atomic E-state index is 0.257. The Morgan fingerprint density at radius 2 is 2.33 bits per heavy atom. The summed E-state index contributed by atoms with van der Waals surface area (Å²) in [7, 11) is 0. The third kappa shape index (κ3) is 3.43. The second-order valence-corrected chi connectivity index (χ2v) is 4.85. The van der Waals surface area contributed by atoms with Crippen LogP contribution in [-0.2, 0) is 6.54 Å². The molecule has 1 aromatic rings. The van der Waals surface area contributed by atoms with Crippen LogP contribution in [0.2, 0.25) is 0 Å². The van der Waals surface area contributed by atoms with Gasteiger partial charge in [0.2, 0.25) is 0 Å². The fraction of sp³-hybridized carbons (Fsp3) is 0.643. The highest BCUT2D eigenvalue weighted by molar-refractivity contribution is 5.34. The van der Waals surface area contributed by atoms with E-state index in [1.54, 1.807) is 0 Å². The van der Waals surface area contributed by atoms with Crippen molar-refractivity contribution in [3.63, 3.8) is 0 Å². The van der Waals surface area contributed by atoms with E-state index in [9.17, 15) is 5.11 Å². The van der Waals surface area contributed by atoms with Crippen LogP contribution in [0.5, 0.6) is 0 Å². The van der Waals surface area contributed by atoms with E-state index < -0.39 is 0 Å². The predicted molar refractivity (Wildman–Crippen MR) is 73.5 cm³/mol. The van der Waals surface area contributed by atoms with Gasteiger partial charge in [-0.25, -0.2) is 4.98 Å². The molecule has 1 aliphatic heterocycles. The Morgan fingerprint density at radius 1 is 1.44 bits per heavy atom. The molecule has 0 spiro atoms. The van der Waals surface area contributed by atoms with Crippen molar-refractivity contribution in [3.05, 3.63) is 23.9 Å². The van der Waals surface area contributed by atoms with Crippen LogP contribution in [0, 0.1) is 0 Å². The van der Waals surface area contributed by atoms with Crippen LogP contribution in [0.15, 0.2) is 18.2 Å². The number of nitrogens with zero attached hydrogens (tertiary/aromatic N) is 2. The molecule has 2 rings (SSSR count). The Hall–Kier alpha value is -1.13. The molecule has 4 nitrogen and oxygen atoms in total. The van der Waals surface area contributed by atoms with E-state index in [1.807, 2.05) is 12.1 Å². The van der Waals surface area contributed by atoms with Crippen molar-refractivity contribution in [3.8, 4) is 0 Å². The molecule has 0 aliphatic carbocycles. The Balaban J connectivity index is 2.00. The van der Waals surface area contributed by atoms with E-state index in [1.165, 1.54) is 12.8 Å². The zero-order chi connectivity index (χ0) is 12.8. The molecule has 2 heterocycles. The fourth-order valence-electron chi connectivity index (χ4n) is 2.53. The maximum atomic E-state index is 9.40. The van der Waals surface area contributed by atoms with Crippen LogP contribution < -0.4 is 5.32 Å². The number of hydrogen-bond donors (Lipinski definition) is 2. The Labute approximate surface area is 109 Å². The zero-order valence-electron chi connectivity index (χ0n) is 11.1. The topological polar surface area (TPSA) is 48.4 Å². The number of aromatic nitrogens is 1. The van der Waals surface area contributed by atoms with Crippen molar-refractivity contribution < 1.29 is 5.11 Å². The maximum absolute atomic E-state index is 9.40. The molecular weight excluding hydrogens is 226 g/mol. The highest BCUT2D eigenvalue weighted by Crippen LogP contribution is 2.19. The van der Waals surface area contributed by atoms with E-state index >= 15 is 0 Å². The van der Waals surface area contributed by atoms with Crippen LogP contribution in [0.25, 0.3) is 0 Å². The van der Waals surface area contributed by atoms with Crippen LogP contribution >= 0.6 is 0 Å². The molecule has 4 heteroatoms. The van der Waals surface area contributed by atoms with Gasteiger partial charge in [-0.2, -0.15) is 0 Å². The molecule has 2 N–H and O–H groups in total. The van der Waals surface area contributed by atoms with Gasteiger partial charge in [0.1, 0.15) is 5.82 Å². The van der Waals surface area contributed by atoms with Crippen molar-refractivity contribution in [1.29, 1.82) is 0 Å². The van der Waals surface area contributed by atoms with Crippen molar-refractivity contribution >= 4 is 5.82 Å². The maximum Gasteiger partial charge on any atom is 0.126 e. The zero-order valence-corrected chi connectivity index (χ0v) is 11.1. The fourth-order valence-corrected chi connectivity index (χ4v) is 2.53. The molecule has 0 aromatic carbocycles. The van der Waals surface area contributed by atoms with Crippen molar-refractivity contribution in [2.75, 3.05) is 25.0 Å². The van der Waals surface area contributed by atoms with Gasteiger partial charge in [0.25, 0.3) is 0 Å². The van der Waals surface area contributed by atoms with Crippen LogP contribution in [0.4, 0.5) is 5.82 Å². The number of rotatable bonds is 5. The largest absolute Gasteiger partial charge is 0.395 e. The Bertz CT molecular complexity index is 370. The van der Waals surface area contributed by atoms with Crippen molar-refractivity contribution in [2.45, 2.75) is 38.8 Å². The molecule has 1 saturated heterocycles. The van der Waals surface area contributed by atoms with Gasteiger partial charge in [-0.15, -0.1) is 0 Å². The average Bonchev–Trinajstić information content (AvgIpc) is 2.40. The van der Waals surface area contributed by atoms with Gasteiger partial charge in [0, 0.05) is 19.1 Å². The number of hydrogen-bond acceptors (Lipinski definition) is 4. The molecule has 1 fully saturated rings. The molecule has 0 saturated carbocycles. The number of piperidine rings is 1. The van der Waals surface area contributed by atoms with Crippen LogP contribution in [0.1, 0.15) is 31.9 Å². The highest BCUT2D eigenvalue weighted by atomic mass is 16.3. The SMILES string of the molecule is CCNc1cccc(CN2CCCCC2CO)n1. The summed E-state index contributed by atoms with van der Waals surface area (Å²) in [5.74, 6) is 0.938. The summed E-state index contributed by atoms with van der Waals surface area (Å²) < 4.78 is 0. The summed E-state index contributed by atoms with van der Waals surface area (Å²) in [5.41, 5.74) is 1.08. The Kier molecular flexibility index (Phi) is 4.96. The first-order valence-electron chi connectivity index (χ1n) is 6.88. The standard InChI is InChI=1S/C14H23N3O/c1-2-15-14-8-5-6-12(16-14)10-17-9-4-3-7-13(17)11-18/h5-6,8,13,18H,2-4,7,9-11H2,1H3,(H,15,16). The third-order valence-corrected chi connectivity index (χ3v) is 3.49. The van der Waals surface area contributed by atoms with Gasteiger partial charge >= 0.3 is 0 Å². The predicted octanol–water partition coefficient (Wildman–Crippen LogP) is 1.86. The summed E-state index contributed by atoms with van der Waals surface area (Å²) in [5, 5.41) is 12.6. The average molecular weight is 249 g/mol. The quantitative estimate of drug-likeness (QED) is 0.836. The number of anilines is 1. The van der Waals surface area contributed by atoms with Gasteiger partial charge in [0.15, 0.2) is 0 Å². The van der Waals surface area contributed by atoms with Gasteiger partial charge < -0.3 is 10.4 Å². The van der Waals surface area contributed by atoms with Crippen LogP contribution in [-0.4, -0.2) is 40.7 Å². The molecule has 0 amide bonds. The lowest BCUT2D eigenvalue weighted by Gasteiger charge is -2.34. The number of aliphatic hydroxyl groups excluding tert-OH is 1. The first-order valence-corrected chi connectivity index (χ1v) is 6.88. The monoisotopic (exact) mass is 249 g/mol. The molecule has 18 heavy (non-hydrogen) atoms. The van der Waals surface area contributed by atoms with Gasteiger partial charge in [-0.3, -0.25) is 4.90 Å². The third-order valence-electron chi connectivity index (χ3n) is 3.49. The molecule has 1 aliphatic rings. The number of pyridine rings is 1. The molecule has 1 aromatic heterocycles. The molecular formula is C14H23N3O. The smallest absolute Gasteiger partial charge is 0.126 e. The van der Waals surface area contributed by atoms with E-state index in [0.717, 1.165) is 37.6 Å². The van der Waals surface area contributed by atoms with Crippen molar-refractivity contribution in [2.24, 2.45) is 0 Å². The first kappa shape index (κ1) is 13.3. The van der Waals surface area contributed by atoms with E-state index in [0.29, 0.717) is 6.04 Å². The summed E-state index contributed by atoms with van der Waals surface area (Å²) in [6, 6.07) is 6.40. The second kappa shape index (κ2) is 6.71. The Morgan fingerprint density at radius 3 is 3.11 bits per heavy atom. The second-order valence-electron chi connectivity index (χ2n) is 4.85. The summed E-state index contributed by atoms with van der Waals surface area (Å²) in [6.07, 6.45) is 3.55. The lowest BCUT2D eigenvalue weighted by molar-refractivity contribution is 0.0831. The molecule has 0 radical (unpaired) electrons. The minimum Gasteiger partial charge on any atom is -0.395 e. The molecule has 100 valence electrons. The molecule has 0 bridgehead atoms. The van der Waals surface area contributed by atoms with Gasteiger partial charge in [0.05, 0.1) is 12.3 Å². The lowest BCUT2D eigenvalue weighted by atomic mass is 10.0. The summed E-state index contributed by atoms with van der Waals surface area (Å²) in [4.78, 5) is 6.94. The minimum atomic E-state index is 0.257. The number of likely N-dealkylation sites (tertiary alicyclic amines) is 1. The number of aliphatic hydroxyl groups is 1. The van der Waals surface area contributed by atoms with E-state index in [2.05, 4.69) is 28.2 Å².